The fourth-order valence-corrected chi connectivity index (χ4v) is 2.23. The second kappa shape index (κ2) is 7.51. The number of imidazole rings is 1. The average molecular weight is 342 g/mol. The van der Waals surface area contributed by atoms with Gasteiger partial charge in [-0.3, -0.25) is 4.57 Å². The van der Waals surface area contributed by atoms with Crippen LogP contribution in [-0.2, 0) is 15.8 Å². The van der Waals surface area contributed by atoms with Gasteiger partial charge in [0.05, 0.1) is 12.9 Å². The van der Waals surface area contributed by atoms with Crippen molar-refractivity contribution in [3.63, 3.8) is 0 Å². The molecule has 0 radical (unpaired) electrons. The molecule has 2 aromatic heterocycles. The van der Waals surface area contributed by atoms with Gasteiger partial charge in [0.25, 0.3) is 0 Å². The van der Waals surface area contributed by atoms with Crippen molar-refractivity contribution in [2.45, 2.75) is 13.5 Å². The Morgan fingerprint density at radius 3 is 2.96 bits per heavy atom. The first kappa shape index (κ1) is 17.4. The van der Waals surface area contributed by atoms with E-state index < -0.39 is 13.9 Å². The zero-order valence-corrected chi connectivity index (χ0v) is 13.5. The molecule has 23 heavy (non-hydrogen) atoms. The molecule has 11 heteroatoms. The number of aromatic nitrogens is 4. The second-order valence-electron chi connectivity index (χ2n) is 4.69. The minimum Gasteiger partial charge on any atom is -0.368 e. The van der Waals surface area contributed by atoms with Crippen LogP contribution < -0.4 is 11.1 Å². The van der Waals surface area contributed by atoms with Crippen LogP contribution in [0.2, 0.25) is 0 Å². The van der Waals surface area contributed by atoms with E-state index in [9.17, 15) is 4.57 Å². The summed E-state index contributed by atoms with van der Waals surface area (Å²) < 4.78 is 17.4. The maximum Gasteiger partial charge on any atom is 0.350 e. The molecule has 2 heterocycles. The number of hydrogen-bond acceptors (Lipinski definition) is 7. The van der Waals surface area contributed by atoms with Gasteiger partial charge in [-0.05, 0) is 6.92 Å². The Kier molecular flexibility index (Phi) is 5.67. The molecule has 0 unspecified atom stereocenters. The third-order valence-electron chi connectivity index (χ3n) is 2.84. The van der Waals surface area contributed by atoms with Gasteiger partial charge >= 0.3 is 7.60 Å². The summed E-state index contributed by atoms with van der Waals surface area (Å²) in [4.78, 5) is 30.0. The Labute approximate surface area is 132 Å². The zero-order valence-electron chi connectivity index (χ0n) is 12.6. The summed E-state index contributed by atoms with van der Waals surface area (Å²) in [6.07, 6.45) is 4.77. The van der Waals surface area contributed by atoms with E-state index in [4.69, 9.17) is 20.3 Å². The number of nitrogens with one attached hydrogen (secondary N) is 1. The molecule has 0 amide bonds. The molecular weight excluding hydrogens is 323 g/mol. The number of nitrogens with zero attached hydrogens (tertiary/aromatic N) is 4. The molecule has 0 saturated heterocycles. The number of nitrogen functional groups attached to an aromatic ring is 1. The fraction of sp³-hybridized carbons (Fsp3) is 0.417. The zero-order chi connectivity index (χ0) is 16.9. The van der Waals surface area contributed by atoms with Crippen molar-refractivity contribution in [1.82, 2.24) is 19.5 Å². The standard InChI is InChI=1S/C12H19N6O4P/c1-2-3-4-14-10-9-11(17-12(13)16-10)18(7-15-9)5-6-22-8-23(19,20)21/h2-3,7H,4-6,8H2,1H3,(H2,19,20,21)(H3,13,14,16,17)/b3-2+. The molecule has 10 nitrogen and oxygen atoms in total. The molecule has 5 N–H and O–H groups in total. The number of hydrogen-bond donors (Lipinski definition) is 4. The van der Waals surface area contributed by atoms with Crippen LogP contribution in [0.5, 0.6) is 0 Å². The fourth-order valence-electron chi connectivity index (χ4n) is 1.87. The van der Waals surface area contributed by atoms with E-state index in [0.29, 0.717) is 30.1 Å². The van der Waals surface area contributed by atoms with Gasteiger partial charge in [-0.1, -0.05) is 12.2 Å². The third-order valence-corrected chi connectivity index (χ3v) is 3.36. The van der Waals surface area contributed by atoms with Crippen molar-refractivity contribution in [2.24, 2.45) is 0 Å². The predicted molar refractivity (Wildman–Crippen MR) is 85.9 cm³/mol. The molecule has 0 aromatic carbocycles. The molecule has 2 aromatic rings. The lowest BCUT2D eigenvalue weighted by atomic mass is 10.4. The van der Waals surface area contributed by atoms with Crippen molar-refractivity contribution in [1.29, 1.82) is 0 Å². The SMILES string of the molecule is C/C=C/CNc1nc(N)nc2c1ncn2CCOCP(=O)(O)O. The molecule has 0 aliphatic rings. The molecule has 0 fully saturated rings. The maximum absolute atomic E-state index is 10.7. The molecule has 0 spiro atoms. The monoisotopic (exact) mass is 342 g/mol. The smallest absolute Gasteiger partial charge is 0.350 e. The van der Waals surface area contributed by atoms with Crippen LogP contribution in [0.3, 0.4) is 0 Å². The second-order valence-corrected chi connectivity index (χ2v) is 6.28. The Morgan fingerprint density at radius 1 is 1.48 bits per heavy atom. The van der Waals surface area contributed by atoms with Gasteiger partial charge in [-0.2, -0.15) is 9.97 Å². The summed E-state index contributed by atoms with van der Waals surface area (Å²) in [5.41, 5.74) is 6.81. The van der Waals surface area contributed by atoms with Gasteiger partial charge in [0, 0.05) is 13.1 Å². The van der Waals surface area contributed by atoms with Crippen molar-refractivity contribution in [3.05, 3.63) is 18.5 Å². The Hall–Kier alpha value is -2.00. The van der Waals surface area contributed by atoms with E-state index >= 15 is 0 Å². The van der Waals surface area contributed by atoms with Crippen LogP contribution in [0.1, 0.15) is 6.92 Å². The first-order valence-corrected chi connectivity index (χ1v) is 8.66. The number of ether oxygens (including phenoxy) is 1. The van der Waals surface area contributed by atoms with Crippen LogP contribution in [-0.4, -0.2) is 48.8 Å². The van der Waals surface area contributed by atoms with Crippen LogP contribution in [0.25, 0.3) is 11.2 Å². The average Bonchev–Trinajstić information content (AvgIpc) is 2.86. The molecule has 0 saturated carbocycles. The number of nitrogens with two attached hydrogens (primary N) is 1. The van der Waals surface area contributed by atoms with E-state index in [0.717, 1.165) is 0 Å². The number of anilines is 2. The molecule has 0 aliphatic heterocycles. The Morgan fingerprint density at radius 2 is 2.26 bits per heavy atom. The van der Waals surface area contributed by atoms with Crippen molar-refractivity contribution in [2.75, 3.05) is 30.6 Å². The van der Waals surface area contributed by atoms with E-state index in [1.807, 2.05) is 19.1 Å². The van der Waals surface area contributed by atoms with E-state index in [-0.39, 0.29) is 12.6 Å². The van der Waals surface area contributed by atoms with Crippen LogP contribution in [0.15, 0.2) is 18.5 Å². The number of allylic oxidation sites excluding steroid dienone is 1. The van der Waals surface area contributed by atoms with Crippen molar-refractivity contribution >= 4 is 30.5 Å². The van der Waals surface area contributed by atoms with Crippen LogP contribution in [0, 0.1) is 0 Å². The Bertz CT molecular complexity index is 740. The van der Waals surface area contributed by atoms with Crippen molar-refractivity contribution in [3.8, 4) is 0 Å². The van der Waals surface area contributed by atoms with Crippen molar-refractivity contribution < 1.29 is 19.1 Å². The predicted octanol–water partition coefficient (Wildman–Crippen LogP) is 0.548. The highest BCUT2D eigenvalue weighted by Gasteiger charge is 2.14. The van der Waals surface area contributed by atoms with Crippen LogP contribution >= 0.6 is 7.60 Å². The summed E-state index contributed by atoms with van der Waals surface area (Å²) in [5.74, 6) is 0.638. The molecule has 0 bridgehead atoms. The summed E-state index contributed by atoms with van der Waals surface area (Å²) in [6, 6.07) is 0. The lowest BCUT2D eigenvalue weighted by molar-refractivity contribution is 0.149. The highest BCUT2D eigenvalue weighted by molar-refractivity contribution is 7.51. The minimum atomic E-state index is -4.16. The highest BCUT2D eigenvalue weighted by atomic mass is 31.2. The maximum atomic E-state index is 10.7. The first-order valence-electron chi connectivity index (χ1n) is 6.86. The van der Waals surface area contributed by atoms with Gasteiger partial charge in [0.2, 0.25) is 5.95 Å². The summed E-state index contributed by atoms with van der Waals surface area (Å²) in [5, 5.41) is 3.10. The topological polar surface area (TPSA) is 148 Å². The molecule has 126 valence electrons. The first-order chi connectivity index (χ1) is 10.9. The van der Waals surface area contributed by atoms with E-state index in [1.165, 1.54) is 0 Å². The molecule has 0 aliphatic carbocycles. The summed E-state index contributed by atoms with van der Waals surface area (Å²) >= 11 is 0. The Balaban J connectivity index is 2.11. The third kappa shape index (κ3) is 5.00. The summed E-state index contributed by atoms with van der Waals surface area (Å²) in [7, 11) is -4.16. The molecule has 2 rings (SSSR count). The number of fused-ring (bicyclic) bond motifs is 1. The summed E-state index contributed by atoms with van der Waals surface area (Å²) in [6.45, 7) is 2.95. The van der Waals surface area contributed by atoms with Gasteiger partial charge in [0.15, 0.2) is 17.0 Å². The lowest BCUT2D eigenvalue weighted by Crippen LogP contribution is -2.09. The quantitative estimate of drug-likeness (QED) is 0.306. The molecule has 0 atom stereocenters. The van der Waals surface area contributed by atoms with Gasteiger partial charge < -0.3 is 30.1 Å². The molecular formula is C12H19N6O4P. The lowest BCUT2D eigenvalue weighted by Gasteiger charge is -2.08. The highest BCUT2D eigenvalue weighted by Crippen LogP contribution is 2.33. The van der Waals surface area contributed by atoms with E-state index in [1.54, 1.807) is 10.9 Å². The van der Waals surface area contributed by atoms with Gasteiger partial charge in [-0.15, -0.1) is 0 Å². The van der Waals surface area contributed by atoms with Gasteiger partial charge in [-0.25, -0.2) is 4.98 Å². The van der Waals surface area contributed by atoms with E-state index in [2.05, 4.69) is 20.3 Å². The van der Waals surface area contributed by atoms with Crippen LogP contribution in [0.4, 0.5) is 11.8 Å². The minimum absolute atomic E-state index is 0.110. The normalized spacial score (nSPS) is 12.3. The van der Waals surface area contributed by atoms with Gasteiger partial charge in [0.1, 0.15) is 6.35 Å². The largest absolute Gasteiger partial charge is 0.368 e. The number of rotatable bonds is 8.